The minimum Gasteiger partial charge on any atom is -0.406 e. The van der Waals surface area contributed by atoms with Crippen molar-refractivity contribution in [3.05, 3.63) is 53.7 Å². The number of alkyl halides is 3. The number of nitrogens with zero attached hydrogens (tertiary/aromatic N) is 1. The lowest BCUT2D eigenvalue weighted by atomic mass is 10.0. The summed E-state index contributed by atoms with van der Waals surface area (Å²) in [6.07, 6.45) is -2.25. The molecule has 166 valence electrons. The number of halogens is 4. The topological polar surface area (TPSA) is 46.2 Å². The van der Waals surface area contributed by atoms with Gasteiger partial charge in [-0.3, -0.25) is 4.98 Å². The summed E-state index contributed by atoms with van der Waals surface area (Å²) in [4.78, 5) is 4.46. The number of aromatic nitrogens is 1. The maximum atomic E-state index is 12.7. The number of hydrogen-bond acceptors (Lipinski definition) is 4. The van der Waals surface area contributed by atoms with E-state index in [9.17, 15) is 13.2 Å². The Morgan fingerprint density at radius 3 is 2.52 bits per heavy atom. The van der Waals surface area contributed by atoms with Crippen LogP contribution < -0.4 is 15.4 Å². The van der Waals surface area contributed by atoms with Gasteiger partial charge in [0.25, 0.3) is 0 Å². The zero-order chi connectivity index (χ0) is 22.6. The third-order valence-electron chi connectivity index (χ3n) is 4.52. The summed E-state index contributed by atoms with van der Waals surface area (Å²) in [7, 11) is 0. The summed E-state index contributed by atoms with van der Waals surface area (Å²) in [5.74, 6) is -0.276. The molecule has 0 amide bonds. The van der Waals surface area contributed by atoms with E-state index in [4.69, 9.17) is 11.6 Å². The monoisotopic (exact) mass is 451 g/mol. The van der Waals surface area contributed by atoms with Gasteiger partial charge < -0.3 is 15.4 Å². The van der Waals surface area contributed by atoms with Crippen molar-refractivity contribution < 1.29 is 17.9 Å². The van der Waals surface area contributed by atoms with Crippen LogP contribution in [0.5, 0.6) is 5.75 Å². The normalized spacial score (nSPS) is 12.2. The molecule has 2 aromatic carbocycles. The van der Waals surface area contributed by atoms with Gasteiger partial charge in [0.05, 0.1) is 11.2 Å². The molecule has 0 spiro atoms. The Morgan fingerprint density at radius 1 is 1.03 bits per heavy atom. The highest BCUT2D eigenvalue weighted by molar-refractivity contribution is 6.31. The van der Waals surface area contributed by atoms with E-state index < -0.39 is 6.36 Å². The number of hydrogen-bond donors (Lipinski definition) is 2. The van der Waals surface area contributed by atoms with Crippen LogP contribution in [0.1, 0.15) is 27.2 Å². The highest BCUT2D eigenvalue weighted by atomic mass is 35.5. The molecule has 0 bridgehead atoms. The molecule has 0 fully saturated rings. The fraction of sp³-hybridized carbons (Fsp3) is 0.348. The molecule has 3 rings (SSSR count). The van der Waals surface area contributed by atoms with Crippen molar-refractivity contribution >= 4 is 28.2 Å². The number of ether oxygens (including phenoxy) is 1. The van der Waals surface area contributed by atoms with E-state index in [0.717, 1.165) is 24.0 Å². The molecule has 8 heteroatoms. The average Bonchev–Trinajstić information content (AvgIpc) is 2.65. The minimum absolute atomic E-state index is 0.0319. The van der Waals surface area contributed by atoms with Crippen molar-refractivity contribution in [3.63, 3.8) is 0 Å². The van der Waals surface area contributed by atoms with Crippen molar-refractivity contribution in [2.45, 2.75) is 39.1 Å². The van der Waals surface area contributed by atoms with E-state index in [1.165, 1.54) is 18.2 Å². The van der Waals surface area contributed by atoms with Crippen LogP contribution in [-0.4, -0.2) is 30.0 Å². The molecule has 0 saturated carbocycles. The van der Waals surface area contributed by atoms with Crippen molar-refractivity contribution in [2.24, 2.45) is 0 Å². The van der Waals surface area contributed by atoms with Crippen LogP contribution in [0.2, 0.25) is 5.02 Å². The van der Waals surface area contributed by atoms with Crippen LogP contribution in [0, 0.1) is 0 Å². The molecule has 0 saturated heterocycles. The number of pyridine rings is 1. The Balaban J connectivity index is 1.93. The molecule has 4 nitrogen and oxygen atoms in total. The van der Waals surface area contributed by atoms with Crippen LogP contribution in [-0.2, 0) is 0 Å². The fourth-order valence-electron chi connectivity index (χ4n) is 3.20. The second-order valence-electron chi connectivity index (χ2n) is 8.24. The van der Waals surface area contributed by atoms with E-state index in [-0.39, 0.29) is 11.3 Å². The van der Waals surface area contributed by atoms with Gasteiger partial charge in [0.2, 0.25) is 0 Å². The second kappa shape index (κ2) is 9.32. The van der Waals surface area contributed by atoms with Crippen LogP contribution in [0.4, 0.5) is 18.9 Å². The molecule has 2 N–H and O–H groups in total. The lowest BCUT2D eigenvalue weighted by molar-refractivity contribution is -0.274. The first-order chi connectivity index (χ1) is 14.5. The maximum absolute atomic E-state index is 12.7. The summed E-state index contributed by atoms with van der Waals surface area (Å²) < 4.78 is 42.1. The molecule has 0 aliphatic heterocycles. The number of benzene rings is 2. The predicted octanol–water partition coefficient (Wildman–Crippen LogP) is 6.64. The fourth-order valence-corrected chi connectivity index (χ4v) is 3.37. The molecule has 1 heterocycles. The zero-order valence-corrected chi connectivity index (χ0v) is 18.4. The standard InChI is InChI=1S/C23H25ClF3N3O/c1-22(2,3)30-11-5-10-28-21-18-9-8-16(24)13-20(18)29-14-19(21)15-6-4-7-17(12-15)31-23(25,26)27/h4,6-9,12-14,30H,5,10-11H2,1-3H3,(H,28,29). The Bertz CT molecular complexity index is 1050. The average molecular weight is 452 g/mol. The van der Waals surface area contributed by atoms with Crippen molar-refractivity contribution in [2.75, 3.05) is 18.4 Å². The third kappa shape index (κ3) is 6.74. The molecule has 0 aliphatic carbocycles. The first-order valence-electron chi connectivity index (χ1n) is 9.95. The molecule has 0 radical (unpaired) electrons. The maximum Gasteiger partial charge on any atom is 0.573 e. The summed E-state index contributed by atoms with van der Waals surface area (Å²) in [6.45, 7) is 7.82. The Kier molecular flexibility index (Phi) is 6.96. The number of anilines is 1. The van der Waals surface area contributed by atoms with Crippen molar-refractivity contribution in [3.8, 4) is 16.9 Å². The summed E-state index contributed by atoms with van der Waals surface area (Å²) in [5.41, 5.74) is 2.79. The molecular weight excluding hydrogens is 427 g/mol. The van der Waals surface area contributed by atoms with Crippen LogP contribution in [0.15, 0.2) is 48.7 Å². The first kappa shape index (κ1) is 23.2. The minimum atomic E-state index is -4.75. The van der Waals surface area contributed by atoms with Crippen molar-refractivity contribution in [1.29, 1.82) is 0 Å². The van der Waals surface area contributed by atoms with Crippen LogP contribution in [0.25, 0.3) is 22.0 Å². The highest BCUT2D eigenvalue weighted by Crippen LogP contribution is 2.36. The number of rotatable bonds is 7. The van der Waals surface area contributed by atoms with Gasteiger partial charge in [0, 0.05) is 34.3 Å². The van der Waals surface area contributed by atoms with Gasteiger partial charge in [0.15, 0.2) is 0 Å². The third-order valence-corrected chi connectivity index (χ3v) is 4.76. The van der Waals surface area contributed by atoms with Gasteiger partial charge in [-0.1, -0.05) is 23.7 Å². The molecule has 31 heavy (non-hydrogen) atoms. The summed E-state index contributed by atoms with van der Waals surface area (Å²) >= 11 is 6.11. The van der Waals surface area contributed by atoms with E-state index in [2.05, 4.69) is 41.1 Å². The number of fused-ring (bicyclic) bond motifs is 1. The Hall–Kier alpha value is -2.51. The molecule has 0 atom stereocenters. The lowest BCUT2D eigenvalue weighted by Gasteiger charge is -2.21. The van der Waals surface area contributed by atoms with Gasteiger partial charge >= 0.3 is 6.36 Å². The van der Waals surface area contributed by atoms with E-state index in [1.807, 2.05) is 6.07 Å². The van der Waals surface area contributed by atoms with E-state index in [0.29, 0.717) is 28.2 Å². The smallest absolute Gasteiger partial charge is 0.406 e. The Morgan fingerprint density at radius 2 is 1.81 bits per heavy atom. The lowest BCUT2D eigenvalue weighted by Crippen LogP contribution is -2.36. The largest absolute Gasteiger partial charge is 0.573 e. The molecule has 0 aliphatic rings. The summed E-state index contributed by atoms with van der Waals surface area (Å²) in [6, 6.07) is 11.3. The molecule has 0 unspecified atom stereocenters. The van der Waals surface area contributed by atoms with Gasteiger partial charge in [-0.25, -0.2) is 0 Å². The van der Waals surface area contributed by atoms with E-state index in [1.54, 1.807) is 24.4 Å². The van der Waals surface area contributed by atoms with E-state index >= 15 is 0 Å². The highest BCUT2D eigenvalue weighted by Gasteiger charge is 2.31. The first-order valence-corrected chi connectivity index (χ1v) is 10.3. The van der Waals surface area contributed by atoms with Gasteiger partial charge in [0.1, 0.15) is 5.75 Å². The SMILES string of the molecule is CC(C)(C)NCCCNc1c(-c2cccc(OC(F)(F)F)c2)cnc2cc(Cl)ccc12. The van der Waals surface area contributed by atoms with Gasteiger partial charge in [-0.2, -0.15) is 0 Å². The zero-order valence-electron chi connectivity index (χ0n) is 17.6. The Labute approximate surface area is 184 Å². The predicted molar refractivity (Wildman–Crippen MR) is 120 cm³/mol. The molecule has 3 aromatic rings. The number of nitrogens with one attached hydrogen (secondary N) is 2. The van der Waals surface area contributed by atoms with Gasteiger partial charge in [-0.15, -0.1) is 13.2 Å². The molecular formula is C23H25ClF3N3O. The summed E-state index contributed by atoms with van der Waals surface area (Å²) in [5, 5.41) is 8.28. The van der Waals surface area contributed by atoms with Crippen molar-refractivity contribution in [1.82, 2.24) is 10.3 Å². The van der Waals surface area contributed by atoms with Gasteiger partial charge in [-0.05, 0) is 69.6 Å². The quantitative estimate of drug-likeness (QED) is 0.395. The van der Waals surface area contributed by atoms with Crippen LogP contribution >= 0.6 is 11.6 Å². The second-order valence-corrected chi connectivity index (χ2v) is 8.68. The van der Waals surface area contributed by atoms with Crippen LogP contribution in [0.3, 0.4) is 0 Å². The molecule has 1 aromatic heterocycles.